The number of fused-ring (bicyclic) bond motifs is 1. The molecule has 0 saturated carbocycles. The predicted octanol–water partition coefficient (Wildman–Crippen LogP) is 5.11. The Balaban J connectivity index is 1.98. The van der Waals surface area contributed by atoms with Gasteiger partial charge in [-0.05, 0) is 80.4 Å². The maximum absolute atomic E-state index is 13.5. The minimum absolute atomic E-state index is 0.233. The summed E-state index contributed by atoms with van der Waals surface area (Å²) in [7, 11) is 4.14. The van der Waals surface area contributed by atoms with Gasteiger partial charge in [0, 0.05) is 5.71 Å². The number of nitrogens with one attached hydrogen (secondary N) is 1. The van der Waals surface area contributed by atoms with E-state index in [1.807, 2.05) is 18.2 Å². The molecule has 4 heteroatoms. The first kappa shape index (κ1) is 19.7. The minimum atomic E-state index is -0.537. The van der Waals surface area contributed by atoms with Gasteiger partial charge in [-0.3, -0.25) is 0 Å². The van der Waals surface area contributed by atoms with Gasteiger partial charge in [0.25, 0.3) is 0 Å². The third-order valence-electron chi connectivity index (χ3n) is 5.31. The molecule has 1 unspecified atom stereocenters. The normalized spacial score (nSPS) is 18.7. The summed E-state index contributed by atoms with van der Waals surface area (Å²) < 4.78 is 19.9. The highest BCUT2D eigenvalue weighted by molar-refractivity contribution is 5.98. The maximum Gasteiger partial charge on any atom is 0.123 e. The topological polar surface area (TPSA) is 36.3 Å². The highest BCUT2D eigenvalue weighted by Crippen LogP contribution is 2.45. The van der Waals surface area contributed by atoms with Gasteiger partial charge in [0.1, 0.15) is 11.4 Å². The average molecular weight is 368 g/mol. The fraction of sp³-hybridized carbons (Fsp3) is 0.435. The molecule has 0 saturated heterocycles. The number of nitrogens with zero attached hydrogens (tertiary/aromatic N) is 1. The molecular weight excluding hydrogens is 339 g/mol. The molecule has 27 heavy (non-hydrogen) atoms. The molecule has 0 spiro atoms. The first-order valence-electron chi connectivity index (χ1n) is 9.72. The summed E-state index contributed by atoms with van der Waals surface area (Å²) in [6.07, 6.45) is 3.58. The zero-order valence-corrected chi connectivity index (χ0v) is 16.5. The molecule has 0 bridgehead atoms. The third kappa shape index (κ3) is 4.12. The number of hydrogen-bond donors (Lipinski definition) is 1. The maximum atomic E-state index is 13.5. The van der Waals surface area contributed by atoms with Crippen LogP contribution in [0.2, 0.25) is 0 Å². The van der Waals surface area contributed by atoms with Crippen LogP contribution in [0.3, 0.4) is 0 Å². The molecular formula is C23H29FN2O. The Kier molecular flexibility index (Phi) is 6.08. The van der Waals surface area contributed by atoms with Crippen molar-refractivity contribution >= 4 is 5.71 Å². The molecule has 0 amide bonds. The lowest BCUT2D eigenvalue weighted by molar-refractivity contribution is -0.0140. The van der Waals surface area contributed by atoms with Gasteiger partial charge < -0.3 is 15.0 Å². The highest BCUT2D eigenvalue weighted by Gasteiger charge is 2.41. The Labute approximate surface area is 161 Å². The molecule has 1 atom stereocenters. The molecule has 0 aromatic heterocycles. The van der Waals surface area contributed by atoms with E-state index in [1.165, 1.54) is 12.1 Å². The molecule has 1 heterocycles. The van der Waals surface area contributed by atoms with Crippen molar-refractivity contribution in [2.45, 2.75) is 44.8 Å². The van der Waals surface area contributed by atoms with Gasteiger partial charge in [-0.1, -0.05) is 37.6 Å². The van der Waals surface area contributed by atoms with Gasteiger partial charge in [-0.25, -0.2) is 4.39 Å². The lowest BCUT2D eigenvalue weighted by Gasteiger charge is -2.31. The Morgan fingerprint density at radius 3 is 2.59 bits per heavy atom. The van der Waals surface area contributed by atoms with Crippen molar-refractivity contribution < 1.29 is 9.13 Å². The quantitative estimate of drug-likeness (QED) is 0.657. The van der Waals surface area contributed by atoms with Gasteiger partial charge in [0.15, 0.2) is 0 Å². The molecule has 0 aliphatic carbocycles. The molecule has 1 N–H and O–H groups in total. The van der Waals surface area contributed by atoms with E-state index < -0.39 is 5.60 Å². The van der Waals surface area contributed by atoms with E-state index in [2.05, 4.69) is 38.1 Å². The van der Waals surface area contributed by atoms with Crippen molar-refractivity contribution in [1.29, 1.82) is 5.41 Å². The summed E-state index contributed by atoms with van der Waals surface area (Å²) in [5.41, 5.74) is 4.40. The lowest BCUT2D eigenvalue weighted by Crippen LogP contribution is -2.28. The van der Waals surface area contributed by atoms with E-state index in [0.29, 0.717) is 12.3 Å². The second-order valence-corrected chi connectivity index (χ2v) is 7.63. The van der Waals surface area contributed by atoms with Gasteiger partial charge in [-0.2, -0.15) is 0 Å². The van der Waals surface area contributed by atoms with Crippen molar-refractivity contribution in [2.24, 2.45) is 0 Å². The summed E-state index contributed by atoms with van der Waals surface area (Å²) >= 11 is 0. The lowest BCUT2D eigenvalue weighted by atomic mass is 9.81. The average Bonchev–Trinajstić information content (AvgIpc) is 3.01. The fourth-order valence-electron chi connectivity index (χ4n) is 3.92. The highest BCUT2D eigenvalue weighted by atomic mass is 19.1. The van der Waals surface area contributed by atoms with Crippen LogP contribution in [0.5, 0.6) is 0 Å². The second kappa shape index (κ2) is 8.32. The van der Waals surface area contributed by atoms with Crippen LogP contribution in [0.4, 0.5) is 4.39 Å². The standard InChI is InChI=1S/C23H29FN2O/c1-4-6-22(25)17-7-12-21-18(15-17)16-27-23(21,13-5-14-26(2)3)19-8-10-20(24)11-9-19/h7-12,15,25H,4-6,13-14,16H2,1-3H3. The van der Waals surface area contributed by atoms with Crippen LogP contribution in [-0.2, 0) is 16.9 Å². The van der Waals surface area contributed by atoms with Gasteiger partial charge in [0.05, 0.1) is 6.61 Å². The third-order valence-corrected chi connectivity index (χ3v) is 5.31. The Morgan fingerprint density at radius 2 is 1.93 bits per heavy atom. The number of hydrogen-bond acceptors (Lipinski definition) is 3. The number of ether oxygens (including phenoxy) is 1. The molecule has 0 radical (unpaired) electrons. The molecule has 1 aliphatic heterocycles. The smallest absolute Gasteiger partial charge is 0.123 e. The Bertz CT molecular complexity index is 801. The van der Waals surface area contributed by atoms with Crippen molar-refractivity contribution in [1.82, 2.24) is 4.90 Å². The van der Waals surface area contributed by atoms with Crippen molar-refractivity contribution in [3.8, 4) is 0 Å². The zero-order chi connectivity index (χ0) is 19.4. The predicted molar refractivity (Wildman–Crippen MR) is 108 cm³/mol. The minimum Gasteiger partial charge on any atom is -0.361 e. The first-order chi connectivity index (χ1) is 13.0. The largest absolute Gasteiger partial charge is 0.361 e. The summed E-state index contributed by atoms with van der Waals surface area (Å²) in [6, 6.07) is 13.0. The van der Waals surface area contributed by atoms with Crippen molar-refractivity contribution in [2.75, 3.05) is 20.6 Å². The summed E-state index contributed by atoms with van der Waals surface area (Å²) in [5.74, 6) is -0.233. The molecule has 0 fully saturated rings. The van der Waals surface area contributed by atoms with Crippen LogP contribution < -0.4 is 0 Å². The summed E-state index contributed by atoms with van der Waals surface area (Å²) in [5, 5.41) is 8.25. The van der Waals surface area contributed by atoms with E-state index in [0.717, 1.165) is 54.5 Å². The Morgan fingerprint density at radius 1 is 1.19 bits per heavy atom. The van der Waals surface area contributed by atoms with Crippen LogP contribution in [-0.4, -0.2) is 31.3 Å². The number of halogens is 1. The van der Waals surface area contributed by atoms with E-state index in [-0.39, 0.29) is 5.82 Å². The van der Waals surface area contributed by atoms with Crippen LogP contribution >= 0.6 is 0 Å². The fourth-order valence-corrected chi connectivity index (χ4v) is 3.92. The van der Waals surface area contributed by atoms with Crippen LogP contribution in [0.1, 0.15) is 54.9 Å². The zero-order valence-electron chi connectivity index (χ0n) is 16.5. The van der Waals surface area contributed by atoms with E-state index in [1.54, 1.807) is 0 Å². The first-order valence-corrected chi connectivity index (χ1v) is 9.72. The molecule has 1 aliphatic rings. The van der Waals surface area contributed by atoms with Crippen molar-refractivity contribution in [3.63, 3.8) is 0 Å². The number of benzene rings is 2. The molecule has 144 valence electrons. The van der Waals surface area contributed by atoms with Crippen LogP contribution in [0, 0.1) is 11.2 Å². The van der Waals surface area contributed by atoms with E-state index in [4.69, 9.17) is 10.1 Å². The van der Waals surface area contributed by atoms with Gasteiger partial charge >= 0.3 is 0 Å². The molecule has 2 aromatic rings. The monoisotopic (exact) mass is 368 g/mol. The molecule has 3 rings (SSSR count). The second-order valence-electron chi connectivity index (χ2n) is 7.63. The molecule has 2 aromatic carbocycles. The Hall–Kier alpha value is -2.04. The van der Waals surface area contributed by atoms with Gasteiger partial charge in [-0.15, -0.1) is 0 Å². The van der Waals surface area contributed by atoms with E-state index in [9.17, 15) is 4.39 Å². The van der Waals surface area contributed by atoms with Gasteiger partial charge in [0.2, 0.25) is 0 Å². The summed E-state index contributed by atoms with van der Waals surface area (Å²) in [6.45, 7) is 3.60. The van der Waals surface area contributed by atoms with Crippen LogP contribution in [0.15, 0.2) is 42.5 Å². The van der Waals surface area contributed by atoms with Crippen molar-refractivity contribution in [3.05, 3.63) is 70.5 Å². The number of rotatable bonds is 8. The van der Waals surface area contributed by atoms with Crippen LogP contribution in [0.25, 0.3) is 0 Å². The summed E-state index contributed by atoms with van der Waals surface area (Å²) in [4.78, 5) is 2.17. The molecule has 3 nitrogen and oxygen atoms in total. The SMILES string of the molecule is CCCC(=N)c1ccc2c(c1)COC2(CCCN(C)C)c1ccc(F)cc1. The van der Waals surface area contributed by atoms with E-state index >= 15 is 0 Å².